The van der Waals surface area contributed by atoms with Gasteiger partial charge in [-0.1, -0.05) is 17.7 Å². The van der Waals surface area contributed by atoms with Crippen LogP contribution in [-0.4, -0.2) is 18.3 Å². The number of rotatable bonds is 1. The molecular weight excluding hydrogens is 186 g/mol. The van der Waals surface area contributed by atoms with Crippen LogP contribution in [0.3, 0.4) is 0 Å². The van der Waals surface area contributed by atoms with E-state index in [-0.39, 0.29) is 12.5 Å². The van der Waals surface area contributed by atoms with Gasteiger partial charge in [0, 0.05) is 24.0 Å². The molecule has 0 aromatic heterocycles. The summed E-state index contributed by atoms with van der Waals surface area (Å²) in [5.41, 5.74) is 2.43. The van der Waals surface area contributed by atoms with Gasteiger partial charge in [0.2, 0.25) is 0 Å². The van der Waals surface area contributed by atoms with E-state index in [0.29, 0.717) is 0 Å². The van der Waals surface area contributed by atoms with Gasteiger partial charge in [-0.25, -0.2) is 0 Å². The number of hydrogen-bond donors (Lipinski definition) is 2. The lowest BCUT2D eigenvalue weighted by Crippen LogP contribution is -2.29. The Morgan fingerprint density at radius 2 is 2.38 bits per heavy atom. The lowest BCUT2D eigenvalue weighted by molar-refractivity contribution is 0.256. The second-order valence-electron chi connectivity index (χ2n) is 3.35. The lowest BCUT2D eigenvalue weighted by Gasteiger charge is -2.24. The van der Waals surface area contributed by atoms with E-state index in [2.05, 4.69) is 5.32 Å². The minimum absolute atomic E-state index is 0.181. The Morgan fingerprint density at radius 1 is 1.54 bits per heavy atom. The van der Waals surface area contributed by atoms with E-state index in [1.165, 1.54) is 11.1 Å². The predicted molar refractivity (Wildman–Crippen MR) is 53.0 cm³/mol. The molecule has 70 valence electrons. The number of fused-ring (bicyclic) bond motifs is 1. The molecule has 1 atom stereocenters. The molecule has 0 fully saturated rings. The quantitative estimate of drug-likeness (QED) is 0.716. The van der Waals surface area contributed by atoms with Crippen LogP contribution in [0.15, 0.2) is 18.2 Å². The molecule has 0 spiro atoms. The first-order chi connectivity index (χ1) is 6.31. The minimum atomic E-state index is 0.181. The molecule has 1 aliphatic rings. The monoisotopic (exact) mass is 197 g/mol. The van der Waals surface area contributed by atoms with Crippen molar-refractivity contribution in [2.45, 2.75) is 12.5 Å². The van der Waals surface area contributed by atoms with E-state index in [9.17, 15) is 0 Å². The molecule has 0 radical (unpaired) electrons. The molecular formula is C10H12ClNO. The highest BCUT2D eigenvalue weighted by atomic mass is 35.5. The van der Waals surface area contributed by atoms with Gasteiger partial charge in [-0.05, 0) is 23.3 Å². The molecule has 1 aromatic rings. The Bertz CT molecular complexity index is 314. The van der Waals surface area contributed by atoms with E-state index in [0.717, 1.165) is 18.1 Å². The van der Waals surface area contributed by atoms with E-state index < -0.39 is 0 Å². The Labute approximate surface area is 82.5 Å². The van der Waals surface area contributed by atoms with Crippen LogP contribution in [0.2, 0.25) is 5.02 Å². The lowest BCUT2D eigenvalue weighted by atomic mass is 9.92. The second kappa shape index (κ2) is 3.66. The number of aliphatic hydroxyl groups is 1. The van der Waals surface area contributed by atoms with Gasteiger partial charge in [0.05, 0.1) is 6.61 Å². The zero-order chi connectivity index (χ0) is 9.26. The fourth-order valence-corrected chi connectivity index (χ4v) is 1.94. The summed E-state index contributed by atoms with van der Waals surface area (Å²) in [5.74, 6) is 0.197. The number of halogens is 1. The second-order valence-corrected chi connectivity index (χ2v) is 3.79. The van der Waals surface area contributed by atoms with Gasteiger partial charge in [-0.3, -0.25) is 0 Å². The van der Waals surface area contributed by atoms with Crippen LogP contribution >= 0.6 is 11.6 Å². The number of aliphatic hydroxyl groups excluding tert-OH is 1. The molecule has 13 heavy (non-hydrogen) atoms. The average molecular weight is 198 g/mol. The molecule has 1 heterocycles. The molecule has 2 nitrogen and oxygen atoms in total. The summed E-state index contributed by atoms with van der Waals surface area (Å²) in [6.45, 7) is 1.90. The van der Waals surface area contributed by atoms with Crippen molar-refractivity contribution < 1.29 is 5.11 Å². The van der Waals surface area contributed by atoms with Crippen LogP contribution in [0.1, 0.15) is 17.0 Å². The van der Waals surface area contributed by atoms with Crippen LogP contribution in [0, 0.1) is 0 Å². The Morgan fingerprint density at radius 3 is 3.15 bits per heavy atom. The van der Waals surface area contributed by atoms with Gasteiger partial charge in [0.25, 0.3) is 0 Å². The van der Waals surface area contributed by atoms with Crippen molar-refractivity contribution in [3.8, 4) is 0 Å². The fourth-order valence-electron chi connectivity index (χ4n) is 1.76. The van der Waals surface area contributed by atoms with Crippen molar-refractivity contribution in [3.63, 3.8) is 0 Å². The Balaban J connectivity index is 2.41. The Kier molecular flexibility index (Phi) is 2.54. The maximum absolute atomic E-state index is 9.15. The molecule has 0 aliphatic carbocycles. The minimum Gasteiger partial charge on any atom is -0.396 e. The topological polar surface area (TPSA) is 32.3 Å². The van der Waals surface area contributed by atoms with Crippen molar-refractivity contribution in [1.29, 1.82) is 0 Å². The third kappa shape index (κ3) is 1.70. The van der Waals surface area contributed by atoms with Crippen LogP contribution in [-0.2, 0) is 6.54 Å². The molecule has 0 saturated carbocycles. The molecule has 2 rings (SSSR count). The standard InChI is InChI=1S/C10H12ClNO/c11-9-2-1-7-4-12-5-8(6-13)10(7)3-9/h1-3,8,12-13H,4-6H2. The first kappa shape index (κ1) is 9.00. The molecule has 1 aliphatic heterocycles. The van der Waals surface area contributed by atoms with Gasteiger partial charge in [-0.2, -0.15) is 0 Å². The molecule has 0 bridgehead atoms. The third-order valence-corrected chi connectivity index (χ3v) is 2.71. The molecule has 1 unspecified atom stereocenters. The van der Waals surface area contributed by atoms with Crippen molar-refractivity contribution in [3.05, 3.63) is 34.3 Å². The van der Waals surface area contributed by atoms with Crippen LogP contribution in [0.5, 0.6) is 0 Å². The Hall–Kier alpha value is -0.570. The number of hydrogen-bond acceptors (Lipinski definition) is 2. The summed E-state index contributed by atoms with van der Waals surface area (Å²) in [6.07, 6.45) is 0. The molecule has 2 N–H and O–H groups in total. The predicted octanol–water partition coefficient (Wildman–Crippen LogP) is 1.52. The summed E-state index contributed by atoms with van der Waals surface area (Å²) < 4.78 is 0. The smallest absolute Gasteiger partial charge is 0.0512 e. The van der Waals surface area contributed by atoms with Gasteiger partial charge >= 0.3 is 0 Å². The highest BCUT2D eigenvalue weighted by molar-refractivity contribution is 6.30. The first-order valence-electron chi connectivity index (χ1n) is 4.41. The summed E-state index contributed by atoms with van der Waals surface area (Å²) in [4.78, 5) is 0. The van der Waals surface area contributed by atoms with Crippen molar-refractivity contribution >= 4 is 11.6 Å². The van der Waals surface area contributed by atoms with Crippen LogP contribution in [0.4, 0.5) is 0 Å². The van der Waals surface area contributed by atoms with Gasteiger partial charge < -0.3 is 10.4 Å². The SMILES string of the molecule is OCC1CNCc2ccc(Cl)cc21. The van der Waals surface area contributed by atoms with E-state index in [1.54, 1.807) is 0 Å². The van der Waals surface area contributed by atoms with Crippen molar-refractivity contribution in [1.82, 2.24) is 5.32 Å². The highest BCUT2D eigenvalue weighted by Crippen LogP contribution is 2.26. The van der Waals surface area contributed by atoms with Crippen molar-refractivity contribution in [2.75, 3.05) is 13.2 Å². The van der Waals surface area contributed by atoms with E-state index in [4.69, 9.17) is 16.7 Å². The molecule has 3 heteroatoms. The van der Waals surface area contributed by atoms with E-state index in [1.807, 2.05) is 18.2 Å². The first-order valence-corrected chi connectivity index (χ1v) is 4.79. The average Bonchev–Trinajstić information content (AvgIpc) is 2.17. The fraction of sp³-hybridized carbons (Fsp3) is 0.400. The number of benzene rings is 1. The van der Waals surface area contributed by atoms with Crippen LogP contribution in [0.25, 0.3) is 0 Å². The summed E-state index contributed by atoms with van der Waals surface area (Å²) >= 11 is 5.90. The van der Waals surface area contributed by atoms with E-state index >= 15 is 0 Å². The van der Waals surface area contributed by atoms with Gasteiger partial charge in [-0.15, -0.1) is 0 Å². The molecule has 1 aromatic carbocycles. The summed E-state index contributed by atoms with van der Waals surface area (Å²) in [6, 6.07) is 5.87. The summed E-state index contributed by atoms with van der Waals surface area (Å²) in [7, 11) is 0. The molecule has 0 saturated heterocycles. The normalized spacial score (nSPS) is 21.2. The van der Waals surface area contributed by atoms with Gasteiger partial charge in [0.15, 0.2) is 0 Å². The van der Waals surface area contributed by atoms with Crippen molar-refractivity contribution in [2.24, 2.45) is 0 Å². The maximum Gasteiger partial charge on any atom is 0.0512 e. The zero-order valence-corrected chi connectivity index (χ0v) is 8.01. The van der Waals surface area contributed by atoms with Crippen LogP contribution < -0.4 is 5.32 Å². The molecule has 0 amide bonds. The largest absolute Gasteiger partial charge is 0.396 e. The number of nitrogens with one attached hydrogen (secondary N) is 1. The highest BCUT2D eigenvalue weighted by Gasteiger charge is 2.18. The summed E-state index contributed by atoms with van der Waals surface area (Å²) in [5, 5.41) is 13.2. The zero-order valence-electron chi connectivity index (χ0n) is 7.26. The van der Waals surface area contributed by atoms with Gasteiger partial charge in [0.1, 0.15) is 0 Å². The third-order valence-electron chi connectivity index (χ3n) is 2.47. The maximum atomic E-state index is 9.15.